The van der Waals surface area contributed by atoms with E-state index >= 15 is 0 Å². The van der Waals surface area contributed by atoms with E-state index < -0.39 is 0 Å². The van der Waals surface area contributed by atoms with Gasteiger partial charge in [-0.3, -0.25) is 4.90 Å². The summed E-state index contributed by atoms with van der Waals surface area (Å²) < 4.78 is 0. The van der Waals surface area contributed by atoms with Crippen LogP contribution in [-0.2, 0) is 0 Å². The topological polar surface area (TPSA) is 15.3 Å². The Morgan fingerprint density at radius 2 is 1.74 bits per heavy atom. The predicted octanol–water partition coefficient (Wildman–Crippen LogP) is 4.06. The molecule has 1 atom stereocenters. The standard InChI is InChI=1S/C17H36N2/c1-5-8-16(4)18-12-14-19(13-11-15(2)3)17-9-6-7-10-17/h15-18H,5-14H2,1-4H3. The zero-order chi connectivity index (χ0) is 14.1. The van der Waals surface area contributed by atoms with Gasteiger partial charge in [-0.1, -0.05) is 40.0 Å². The van der Waals surface area contributed by atoms with Crippen molar-refractivity contribution in [1.82, 2.24) is 10.2 Å². The zero-order valence-electron chi connectivity index (χ0n) is 13.8. The van der Waals surface area contributed by atoms with E-state index in [9.17, 15) is 0 Å². The first-order valence-corrected chi connectivity index (χ1v) is 8.61. The van der Waals surface area contributed by atoms with E-state index in [0.29, 0.717) is 6.04 Å². The molecule has 0 heterocycles. The van der Waals surface area contributed by atoms with E-state index in [1.54, 1.807) is 0 Å². The summed E-state index contributed by atoms with van der Waals surface area (Å²) in [6, 6.07) is 1.56. The van der Waals surface area contributed by atoms with E-state index in [2.05, 4.69) is 37.9 Å². The molecule has 1 aliphatic carbocycles. The summed E-state index contributed by atoms with van der Waals surface area (Å²) in [6.07, 6.45) is 9.69. The number of nitrogens with one attached hydrogen (secondary N) is 1. The normalized spacial score (nSPS) is 18.6. The third-order valence-corrected chi connectivity index (χ3v) is 4.45. The van der Waals surface area contributed by atoms with Gasteiger partial charge >= 0.3 is 0 Å². The summed E-state index contributed by atoms with van der Waals surface area (Å²) >= 11 is 0. The molecule has 1 rings (SSSR count). The van der Waals surface area contributed by atoms with Crippen molar-refractivity contribution in [1.29, 1.82) is 0 Å². The highest BCUT2D eigenvalue weighted by Crippen LogP contribution is 2.23. The monoisotopic (exact) mass is 268 g/mol. The van der Waals surface area contributed by atoms with Gasteiger partial charge < -0.3 is 5.32 Å². The van der Waals surface area contributed by atoms with Crippen molar-refractivity contribution in [3.63, 3.8) is 0 Å². The van der Waals surface area contributed by atoms with Gasteiger partial charge in [0, 0.05) is 25.2 Å². The second kappa shape index (κ2) is 9.77. The summed E-state index contributed by atoms with van der Waals surface area (Å²) in [5.74, 6) is 0.830. The fraction of sp³-hybridized carbons (Fsp3) is 1.00. The van der Waals surface area contributed by atoms with Crippen molar-refractivity contribution < 1.29 is 0 Å². The summed E-state index contributed by atoms with van der Waals surface area (Å²) in [6.45, 7) is 13.0. The Labute approximate surface area is 121 Å². The van der Waals surface area contributed by atoms with Gasteiger partial charge in [-0.2, -0.15) is 0 Å². The van der Waals surface area contributed by atoms with Crippen molar-refractivity contribution in [2.75, 3.05) is 19.6 Å². The van der Waals surface area contributed by atoms with Crippen LogP contribution in [0.2, 0.25) is 0 Å². The molecule has 0 aromatic carbocycles. The van der Waals surface area contributed by atoms with Gasteiger partial charge in [-0.05, 0) is 45.1 Å². The van der Waals surface area contributed by atoms with Crippen molar-refractivity contribution in [3.8, 4) is 0 Å². The predicted molar refractivity (Wildman–Crippen MR) is 85.7 cm³/mol. The number of nitrogens with zero attached hydrogens (tertiary/aromatic N) is 1. The van der Waals surface area contributed by atoms with Crippen LogP contribution in [0.3, 0.4) is 0 Å². The molecule has 1 aliphatic rings. The highest BCUT2D eigenvalue weighted by atomic mass is 15.2. The number of rotatable bonds is 10. The summed E-state index contributed by atoms with van der Waals surface area (Å²) in [4.78, 5) is 2.76. The number of hydrogen-bond donors (Lipinski definition) is 1. The van der Waals surface area contributed by atoms with Crippen LogP contribution < -0.4 is 5.32 Å². The molecule has 1 fully saturated rings. The van der Waals surface area contributed by atoms with Gasteiger partial charge in [0.1, 0.15) is 0 Å². The highest BCUT2D eigenvalue weighted by molar-refractivity contribution is 4.78. The first kappa shape index (κ1) is 17.0. The average molecular weight is 268 g/mol. The van der Waals surface area contributed by atoms with Crippen LogP contribution in [0.1, 0.15) is 72.6 Å². The van der Waals surface area contributed by atoms with Crippen molar-refractivity contribution in [2.24, 2.45) is 5.92 Å². The van der Waals surface area contributed by atoms with Crippen LogP contribution in [0, 0.1) is 5.92 Å². The first-order valence-electron chi connectivity index (χ1n) is 8.61. The average Bonchev–Trinajstić information content (AvgIpc) is 2.87. The zero-order valence-corrected chi connectivity index (χ0v) is 13.8. The molecule has 1 unspecified atom stereocenters. The largest absolute Gasteiger partial charge is 0.313 e. The second-order valence-corrected chi connectivity index (χ2v) is 6.80. The minimum Gasteiger partial charge on any atom is -0.313 e. The van der Waals surface area contributed by atoms with Gasteiger partial charge in [0.25, 0.3) is 0 Å². The van der Waals surface area contributed by atoms with Gasteiger partial charge in [-0.25, -0.2) is 0 Å². The van der Waals surface area contributed by atoms with E-state index in [1.165, 1.54) is 58.0 Å². The Morgan fingerprint density at radius 1 is 1.05 bits per heavy atom. The molecule has 2 nitrogen and oxygen atoms in total. The molecule has 114 valence electrons. The second-order valence-electron chi connectivity index (χ2n) is 6.80. The Kier molecular flexibility index (Phi) is 8.72. The summed E-state index contributed by atoms with van der Waals surface area (Å²) in [7, 11) is 0. The highest BCUT2D eigenvalue weighted by Gasteiger charge is 2.22. The molecule has 1 N–H and O–H groups in total. The molecule has 1 saturated carbocycles. The Balaban J connectivity index is 2.27. The van der Waals surface area contributed by atoms with E-state index in [0.717, 1.165) is 18.5 Å². The van der Waals surface area contributed by atoms with Crippen LogP contribution in [0.25, 0.3) is 0 Å². The Morgan fingerprint density at radius 3 is 2.32 bits per heavy atom. The Hall–Kier alpha value is -0.0800. The molecule has 0 radical (unpaired) electrons. The fourth-order valence-electron chi connectivity index (χ4n) is 3.16. The molecule has 0 amide bonds. The van der Waals surface area contributed by atoms with E-state index in [-0.39, 0.29) is 0 Å². The first-order chi connectivity index (χ1) is 9.13. The summed E-state index contributed by atoms with van der Waals surface area (Å²) in [5.41, 5.74) is 0. The van der Waals surface area contributed by atoms with Gasteiger partial charge in [0.2, 0.25) is 0 Å². The quantitative estimate of drug-likeness (QED) is 0.643. The molecule has 0 aromatic rings. The van der Waals surface area contributed by atoms with Crippen molar-refractivity contribution in [2.45, 2.75) is 84.7 Å². The van der Waals surface area contributed by atoms with Gasteiger partial charge in [0.05, 0.1) is 0 Å². The van der Waals surface area contributed by atoms with E-state index in [4.69, 9.17) is 0 Å². The lowest BCUT2D eigenvalue weighted by molar-refractivity contribution is 0.186. The maximum absolute atomic E-state index is 3.68. The van der Waals surface area contributed by atoms with Crippen molar-refractivity contribution in [3.05, 3.63) is 0 Å². The molecule has 0 saturated heterocycles. The molecule has 0 aliphatic heterocycles. The maximum Gasteiger partial charge on any atom is 0.0110 e. The summed E-state index contributed by atoms with van der Waals surface area (Å²) in [5, 5.41) is 3.68. The molecule has 0 aromatic heterocycles. The molecular formula is C17H36N2. The van der Waals surface area contributed by atoms with Gasteiger partial charge in [-0.15, -0.1) is 0 Å². The van der Waals surface area contributed by atoms with Crippen LogP contribution in [-0.4, -0.2) is 36.6 Å². The smallest absolute Gasteiger partial charge is 0.0110 e. The minimum absolute atomic E-state index is 0.681. The minimum atomic E-state index is 0.681. The van der Waals surface area contributed by atoms with Crippen LogP contribution in [0.5, 0.6) is 0 Å². The van der Waals surface area contributed by atoms with Crippen LogP contribution in [0.15, 0.2) is 0 Å². The SMILES string of the molecule is CCCC(C)NCCN(CCC(C)C)C1CCCC1. The third kappa shape index (κ3) is 7.31. The lowest BCUT2D eigenvalue weighted by Gasteiger charge is -2.30. The Bertz CT molecular complexity index is 209. The van der Waals surface area contributed by atoms with Crippen molar-refractivity contribution >= 4 is 0 Å². The molecule has 0 bridgehead atoms. The van der Waals surface area contributed by atoms with Crippen LogP contribution >= 0.6 is 0 Å². The lowest BCUT2D eigenvalue weighted by Crippen LogP contribution is -2.41. The third-order valence-electron chi connectivity index (χ3n) is 4.45. The maximum atomic E-state index is 3.68. The fourth-order valence-corrected chi connectivity index (χ4v) is 3.16. The number of hydrogen-bond acceptors (Lipinski definition) is 2. The lowest BCUT2D eigenvalue weighted by atomic mass is 10.1. The van der Waals surface area contributed by atoms with E-state index in [1.807, 2.05) is 0 Å². The van der Waals surface area contributed by atoms with Gasteiger partial charge in [0.15, 0.2) is 0 Å². The molecule has 0 spiro atoms. The molecule has 19 heavy (non-hydrogen) atoms. The molecule has 2 heteroatoms. The molecular weight excluding hydrogens is 232 g/mol. The van der Waals surface area contributed by atoms with Crippen LogP contribution in [0.4, 0.5) is 0 Å².